The topological polar surface area (TPSA) is 41.7 Å². The van der Waals surface area contributed by atoms with Crippen molar-refractivity contribution in [2.24, 2.45) is 11.7 Å². The number of hydrogen-bond acceptors (Lipinski definition) is 4. The van der Waals surface area contributed by atoms with Crippen molar-refractivity contribution in [3.63, 3.8) is 0 Å². The second-order valence-corrected chi connectivity index (χ2v) is 6.38. The highest BCUT2D eigenvalue weighted by Gasteiger charge is 2.48. The maximum atomic E-state index is 6.02. The van der Waals surface area contributed by atoms with Gasteiger partial charge in [0.1, 0.15) is 0 Å². The molecular formula is C14H29N3O. The van der Waals surface area contributed by atoms with Crippen LogP contribution in [0.15, 0.2) is 0 Å². The number of nitrogens with two attached hydrogens (primary N) is 1. The molecule has 1 saturated heterocycles. The first-order valence-corrected chi connectivity index (χ1v) is 7.30. The van der Waals surface area contributed by atoms with E-state index in [-0.39, 0.29) is 5.54 Å². The zero-order valence-corrected chi connectivity index (χ0v) is 12.2. The van der Waals surface area contributed by atoms with Crippen LogP contribution in [0.4, 0.5) is 0 Å². The predicted molar refractivity (Wildman–Crippen MR) is 74.7 cm³/mol. The predicted octanol–water partition coefficient (Wildman–Crippen LogP) is 0.766. The van der Waals surface area contributed by atoms with Gasteiger partial charge in [-0.25, -0.2) is 0 Å². The monoisotopic (exact) mass is 255 g/mol. The van der Waals surface area contributed by atoms with Crippen LogP contribution in [0, 0.1) is 5.92 Å². The summed E-state index contributed by atoms with van der Waals surface area (Å²) in [5.74, 6) is 0.765. The van der Waals surface area contributed by atoms with Crippen molar-refractivity contribution < 1.29 is 4.74 Å². The highest BCUT2D eigenvalue weighted by molar-refractivity contribution is 5.05. The zero-order valence-electron chi connectivity index (χ0n) is 12.2. The fourth-order valence-electron chi connectivity index (χ4n) is 3.43. The number of rotatable bonds is 5. The van der Waals surface area contributed by atoms with Crippen molar-refractivity contribution in [2.75, 3.05) is 46.4 Å². The molecule has 2 N–H and O–H groups in total. The lowest BCUT2D eigenvalue weighted by Gasteiger charge is -2.55. The summed E-state index contributed by atoms with van der Waals surface area (Å²) < 4.78 is 5.42. The highest BCUT2D eigenvalue weighted by atomic mass is 16.5. The van der Waals surface area contributed by atoms with E-state index >= 15 is 0 Å². The molecule has 0 radical (unpaired) electrons. The SMILES string of the molecule is COC1CC(CN)(N2CCN(CC(C)C)CC2)C1. The lowest BCUT2D eigenvalue weighted by molar-refractivity contribution is -0.0993. The van der Waals surface area contributed by atoms with Gasteiger partial charge >= 0.3 is 0 Å². The smallest absolute Gasteiger partial charge is 0.0607 e. The molecule has 18 heavy (non-hydrogen) atoms. The Labute approximate surface area is 111 Å². The van der Waals surface area contributed by atoms with Crippen molar-refractivity contribution in [1.29, 1.82) is 0 Å². The van der Waals surface area contributed by atoms with Crippen LogP contribution < -0.4 is 5.73 Å². The van der Waals surface area contributed by atoms with Crippen LogP contribution in [0.3, 0.4) is 0 Å². The molecule has 0 aromatic heterocycles. The summed E-state index contributed by atoms with van der Waals surface area (Å²) >= 11 is 0. The molecule has 2 rings (SSSR count). The quantitative estimate of drug-likeness (QED) is 0.788. The Hall–Kier alpha value is -0.160. The first-order valence-electron chi connectivity index (χ1n) is 7.30. The van der Waals surface area contributed by atoms with Gasteiger partial charge in [0.15, 0.2) is 0 Å². The van der Waals surface area contributed by atoms with E-state index in [0.29, 0.717) is 6.10 Å². The van der Waals surface area contributed by atoms with Gasteiger partial charge in [0.25, 0.3) is 0 Å². The van der Waals surface area contributed by atoms with Gasteiger partial charge in [0, 0.05) is 51.9 Å². The lowest BCUT2D eigenvalue weighted by atomic mass is 9.72. The summed E-state index contributed by atoms with van der Waals surface area (Å²) in [4.78, 5) is 5.19. The minimum absolute atomic E-state index is 0.241. The van der Waals surface area contributed by atoms with Gasteiger partial charge in [-0.05, 0) is 18.8 Å². The molecule has 0 amide bonds. The third-order valence-corrected chi connectivity index (χ3v) is 4.60. The van der Waals surface area contributed by atoms with Gasteiger partial charge in [-0.3, -0.25) is 4.90 Å². The van der Waals surface area contributed by atoms with Gasteiger partial charge in [-0.2, -0.15) is 0 Å². The molecule has 1 saturated carbocycles. The molecular weight excluding hydrogens is 226 g/mol. The minimum Gasteiger partial charge on any atom is -0.381 e. The molecule has 4 heteroatoms. The lowest BCUT2D eigenvalue weighted by Crippen LogP contribution is -2.67. The fraction of sp³-hybridized carbons (Fsp3) is 1.00. The van der Waals surface area contributed by atoms with Gasteiger partial charge in [-0.15, -0.1) is 0 Å². The van der Waals surface area contributed by atoms with Crippen LogP contribution in [-0.4, -0.2) is 67.8 Å². The van der Waals surface area contributed by atoms with Crippen LogP contribution in [0.2, 0.25) is 0 Å². The number of nitrogens with zero attached hydrogens (tertiary/aromatic N) is 2. The van der Waals surface area contributed by atoms with E-state index in [4.69, 9.17) is 10.5 Å². The van der Waals surface area contributed by atoms with Crippen LogP contribution >= 0.6 is 0 Å². The van der Waals surface area contributed by atoms with Crippen molar-refractivity contribution in [2.45, 2.75) is 38.3 Å². The molecule has 1 aliphatic carbocycles. The standard InChI is InChI=1S/C14H29N3O/c1-12(2)10-16-4-6-17(7-5-16)14(11-15)8-13(9-14)18-3/h12-13H,4-11,15H2,1-3H3. The maximum Gasteiger partial charge on any atom is 0.0607 e. The van der Waals surface area contributed by atoms with Crippen LogP contribution in [-0.2, 0) is 4.74 Å². The Morgan fingerprint density at radius 1 is 1.22 bits per heavy atom. The average molecular weight is 255 g/mol. The Bertz CT molecular complexity index is 256. The zero-order chi connectivity index (χ0) is 13.2. The Morgan fingerprint density at radius 3 is 2.28 bits per heavy atom. The van der Waals surface area contributed by atoms with E-state index in [0.717, 1.165) is 25.3 Å². The summed E-state index contributed by atoms with van der Waals surface area (Å²) in [6.07, 6.45) is 2.66. The third kappa shape index (κ3) is 2.87. The second-order valence-electron chi connectivity index (χ2n) is 6.38. The maximum absolute atomic E-state index is 6.02. The van der Waals surface area contributed by atoms with Crippen molar-refractivity contribution in [3.05, 3.63) is 0 Å². The largest absolute Gasteiger partial charge is 0.381 e. The summed E-state index contributed by atoms with van der Waals surface area (Å²) in [5, 5.41) is 0. The second kappa shape index (κ2) is 5.87. The first-order chi connectivity index (χ1) is 8.59. The number of piperazine rings is 1. The average Bonchev–Trinajstić information content (AvgIpc) is 2.30. The highest BCUT2D eigenvalue weighted by Crippen LogP contribution is 2.39. The van der Waals surface area contributed by atoms with E-state index in [1.54, 1.807) is 0 Å². The van der Waals surface area contributed by atoms with Crippen LogP contribution in [0.1, 0.15) is 26.7 Å². The summed E-state index contributed by atoms with van der Waals surface area (Å²) in [5.41, 5.74) is 6.26. The molecule has 1 aliphatic heterocycles. The van der Waals surface area contributed by atoms with Crippen LogP contribution in [0.5, 0.6) is 0 Å². The van der Waals surface area contributed by atoms with E-state index in [1.165, 1.54) is 32.7 Å². The molecule has 4 nitrogen and oxygen atoms in total. The molecule has 2 aliphatic rings. The molecule has 0 atom stereocenters. The first kappa shape index (κ1) is 14.3. The normalized spacial score (nSPS) is 34.8. The molecule has 0 aromatic rings. The van der Waals surface area contributed by atoms with Gasteiger partial charge in [-0.1, -0.05) is 13.8 Å². The van der Waals surface area contributed by atoms with Gasteiger partial charge < -0.3 is 15.4 Å². The Balaban J connectivity index is 1.82. The molecule has 2 fully saturated rings. The van der Waals surface area contributed by atoms with Crippen molar-refractivity contribution in [3.8, 4) is 0 Å². The molecule has 106 valence electrons. The van der Waals surface area contributed by atoms with E-state index in [9.17, 15) is 0 Å². The number of ether oxygens (including phenoxy) is 1. The Morgan fingerprint density at radius 2 is 1.83 bits per heavy atom. The summed E-state index contributed by atoms with van der Waals surface area (Å²) in [6.45, 7) is 11.3. The summed E-state index contributed by atoms with van der Waals surface area (Å²) in [6, 6.07) is 0. The molecule has 0 unspecified atom stereocenters. The van der Waals surface area contributed by atoms with E-state index < -0.39 is 0 Å². The number of methoxy groups -OCH3 is 1. The molecule has 0 spiro atoms. The minimum atomic E-state index is 0.241. The molecule has 1 heterocycles. The molecule has 0 aromatic carbocycles. The fourth-order valence-corrected chi connectivity index (χ4v) is 3.43. The molecule has 0 bridgehead atoms. The number of hydrogen-bond donors (Lipinski definition) is 1. The van der Waals surface area contributed by atoms with Gasteiger partial charge in [0.2, 0.25) is 0 Å². The van der Waals surface area contributed by atoms with Gasteiger partial charge in [0.05, 0.1) is 6.10 Å². The summed E-state index contributed by atoms with van der Waals surface area (Å²) in [7, 11) is 1.81. The van der Waals surface area contributed by atoms with Crippen LogP contribution in [0.25, 0.3) is 0 Å². The van der Waals surface area contributed by atoms with E-state index in [2.05, 4.69) is 23.6 Å². The van der Waals surface area contributed by atoms with Crippen molar-refractivity contribution >= 4 is 0 Å². The third-order valence-electron chi connectivity index (χ3n) is 4.60. The van der Waals surface area contributed by atoms with E-state index in [1.807, 2.05) is 7.11 Å². The Kier molecular flexibility index (Phi) is 4.64. The van der Waals surface area contributed by atoms with Crippen molar-refractivity contribution in [1.82, 2.24) is 9.80 Å².